The number of hydrogen-bond donors (Lipinski definition) is 2. The van der Waals surface area contributed by atoms with E-state index in [1.807, 2.05) is 24.3 Å². The molecule has 1 aromatic carbocycles. The average molecular weight is 312 g/mol. The number of carbonyl (C=O) groups excluding carboxylic acids is 1. The van der Waals surface area contributed by atoms with E-state index in [1.165, 1.54) is 18.4 Å². The topological polar surface area (TPSA) is 66.9 Å². The number of nitrogens with zero attached hydrogens (tertiary/aromatic N) is 2. The number of hydrogen-bond acceptors (Lipinski definition) is 4. The first-order chi connectivity index (χ1) is 11.2. The third kappa shape index (κ3) is 5.36. The fourth-order valence-electron chi connectivity index (χ4n) is 2.14. The maximum absolute atomic E-state index is 12.2. The quantitative estimate of drug-likeness (QED) is 0.726. The normalized spacial score (nSPS) is 10.3. The number of carbonyl (C=O) groups is 1. The molecule has 0 aliphatic rings. The summed E-state index contributed by atoms with van der Waals surface area (Å²) in [5.74, 6) is 0.358. The molecule has 1 amide bonds. The van der Waals surface area contributed by atoms with Crippen molar-refractivity contribution < 1.29 is 4.79 Å². The predicted molar refractivity (Wildman–Crippen MR) is 93.8 cm³/mol. The van der Waals surface area contributed by atoms with E-state index in [1.54, 1.807) is 12.4 Å². The van der Waals surface area contributed by atoms with Crippen molar-refractivity contribution in [2.75, 3.05) is 17.2 Å². The van der Waals surface area contributed by atoms with Crippen molar-refractivity contribution in [3.05, 3.63) is 47.8 Å². The van der Waals surface area contributed by atoms with Crippen LogP contribution < -0.4 is 10.6 Å². The summed E-state index contributed by atoms with van der Waals surface area (Å²) < 4.78 is 0. The van der Waals surface area contributed by atoms with Crippen LogP contribution in [-0.2, 0) is 6.42 Å². The lowest BCUT2D eigenvalue weighted by atomic mass is 10.1. The molecule has 5 nitrogen and oxygen atoms in total. The number of unbranched alkanes of at least 4 members (excludes halogenated alkanes) is 2. The van der Waals surface area contributed by atoms with Crippen LogP contribution in [0.5, 0.6) is 0 Å². The van der Waals surface area contributed by atoms with Crippen molar-refractivity contribution in [2.24, 2.45) is 0 Å². The number of rotatable bonds is 8. The van der Waals surface area contributed by atoms with Crippen LogP contribution in [0.25, 0.3) is 0 Å². The summed E-state index contributed by atoms with van der Waals surface area (Å²) in [5.41, 5.74) is 2.46. The highest BCUT2D eigenvalue weighted by atomic mass is 16.1. The van der Waals surface area contributed by atoms with E-state index >= 15 is 0 Å². The van der Waals surface area contributed by atoms with Gasteiger partial charge >= 0.3 is 0 Å². The molecule has 0 radical (unpaired) electrons. The molecule has 0 unspecified atom stereocenters. The summed E-state index contributed by atoms with van der Waals surface area (Å²) in [6.07, 6.45) is 7.53. The second kappa shape index (κ2) is 8.88. The van der Waals surface area contributed by atoms with Gasteiger partial charge in [-0.05, 0) is 30.5 Å². The van der Waals surface area contributed by atoms with E-state index < -0.39 is 0 Å². The Labute approximate surface area is 137 Å². The van der Waals surface area contributed by atoms with E-state index in [0.29, 0.717) is 11.5 Å². The van der Waals surface area contributed by atoms with E-state index in [9.17, 15) is 4.79 Å². The van der Waals surface area contributed by atoms with Gasteiger partial charge in [-0.25, -0.2) is 9.97 Å². The van der Waals surface area contributed by atoms with E-state index in [0.717, 1.165) is 25.1 Å². The highest BCUT2D eigenvalue weighted by molar-refractivity contribution is 6.03. The maximum atomic E-state index is 12.2. The molecule has 0 saturated carbocycles. The smallest absolute Gasteiger partial charge is 0.258 e. The molecule has 0 aliphatic carbocycles. The second-order valence-corrected chi connectivity index (χ2v) is 5.43. The van der Waals surface area contributed by atoms with Crippen LogP contribution in [-0.4, -0.2) is 22.4 Å². The molecular weight excluding hydrogens is 288 g/mol. The molecule has 2 aromatic rings. The highest BCUT2D eigenvalue weighted by Crippen LogP contribution is 2.11. The van der Waals surface area contributed by atoms with Crippen LogP contribution in [0.3, 0.4) is 0 Å². The number of anilines is 2. The van der Waals surface area contributed by atoms with Gasteiger partial charge in [-0.2, -0.15) is 0 Å². The first-order valence-electron chi connectivity index (χ1n) is 8.19. The van der Waals surface area contributed by atoms with Crippen LogP contribution in [0.2, 0.25) is 0 Å². The lowest BCUT2D eigenvalue weighted by Crippen LogP contribution is -2.13. The van der Waals surface area contributed by atoms with Crippen molar-refractivity contribution in [1.82, 2.24) is 9.97 Å². The molecule has 2 N–H and O–H groups in total. The molecule has 1 aromatic heterocycles. The molecule has 23 heavy (non-hydrogen) atoms. The Kier molecular flexibility index (Phi) is 6.54. The van der Waals surface area contributed by atoms with Crippen molar-refractivity contribution >= 4 is 17.5 Å². The largest absolute Gasteiger partial charge is 0.354 e. The van der Waals surface area contributed by atoms with Crippen LogP contribution in [0, 0.1) is 0 Å². The lowest BCUT2D eigenvalue weighted by molar-refractivity contribution is 0.102. The van der Waals surface area contributed by atoms with Crippen molar-refractivity contribution in [3.63, 3.8) is 0 Å². The molecule has 2 rings (SSSR count). The van der Waals surface area contributed by atoms with Gasteiger partial charge in [0.1, 0.15) is 0 Å². The Bertz CT molecular complexity index is 608. The Balaban J connectivity index is 1.88. The summed E-state index contributed by atoms with van der Waals surface area (Å²) in [4.78, 5) is 20.5. The molecule has 0 bridgehead atoms. The van der Waals surface area contributed by atoms with Crippen molar-refractivity contribution in [1.29, 1.82) is 0 Å². The molecule has 0 fully saturated rings. The minimum atomic E-state index is -0.202. The summed E-state index contributed by atoms with van der Waals surface area (Å²) in [6, 6.07) is 7.83. The fourth-order valence-corrected chi connectivity index (χ4v) is 2.14. The zero-order valence-corrected chi connectivity index (χ0v) is 13.8. The van der Waals surface area contributed by atoms with Gasteiger partial charge < -0.3 is 10.6 Å². The van der Waals surface area contributed by atoms with Crippen molar-refractivity contribution in [3.8, 4) is 0 Å². The predicted octanol–water partition coefficient (Wildman–Crippen LogP) is 3.89. The third-order valence-corrected chi connectivity index (χ3v) is 3.60. The van der Waals surface area contributed by atoms with E-state index in [-0.39, 0.29) is 5.91 Å². The standard InChI is InChI=1S/C18H24N4O/c1-3-5-6-11-19-18-20-12-15(13-21-18)17(23)22-16-9-7-14(4-2)8-10-16/h7-10,12-13H,3-6,11H2,1-2H3,(H,22,23)(H,19,20,21). The van der Waals surface area contributed by atoms with Gasteiger partial charge in [0, 0.05) is 24.6 Å². The Morgan fingerprint density at radius 2 is 1.74 bits per heavy atom. The highest BCUT2D eigenvalue weighted by Gasteiger charge is 2.07. The van der Waals surface area contributed by atoms with Gasteiger partial charge in [0.2, 0.25) is 5.95 Å². The van der Waals surface area contributed by atoms with Crippen LogP contribution in [0.1, 0.15) is 49.0 Å². The number of nitrogens with one attached hydrogen (secondary N) is 2. The number of aryl methyl sites for hydroxylation is 1. The Hall–Kier alpha value is -2.43. The number of benzene rings is 1. The molecule has 0 spiro atoms. The Morgan fingerprint density at radius 1 is 1.04 bits per heavy atom. The first-order valence-corrected chi connectivity index (χ1v) is 8.19. The lowest BCUT2D eigenvalue weighted by Gasteiger charge is -2.07. The Morgan fingerprint density at radius 3 is 2.35 bits per heavy atom. The molecule has 122 valence electrons. The molecule has 0 atom stereocenters. The molecule has 5 heteroatoms. The van der Waals surface area contributed by atoms with Gasteiger partial charge in [0.25, 0.3) is 5.91 Å². The van der Waals surface area contributed by atoms with Crippen molar-refractivity contribution in [2.45, 2.75) is 39.5 Å². The van der Waals surface area contributed by atoms with Gasteiger partial charge in [0.15, 0.2) is 0 Å². The number of aromatic nitrogens is 2. The zero-order valence-electron chi connectivity index (χ0n) is 13.8. The minimum absolute atomic E-state index is 0.202. The average Bonchev–Trinajstić information content (AvgIpc) is 2.60. The second-order valence-electron chi connectivity index (χ2n) is 5.43. The molecule has 0 aliphatic heterocycles. The van der Waals surface area contributed by atoms with Gasteiger partial charge in [0.05, 0.1) is 5.56 Å². The van der Waals surface area contributed by atoms with Gasteiger partial charge in [-0.3, -0.25) is 4.79 Å². The summed E-state index contributed by atoms with van der Waals surface area (Å²) in [5, 5.41) is 6.00. The summed E-state index contributed by atoms with van der Waals surface area (Å²) >= 11 is 0. The first kappa shape index (κ1) is 16.9. The summed E-state index contributed by atoms with van der Waals surface area (Å²) in [7, 11) is 0. The monoisotopic (exact) mass is 312 g/mol. The maximum Gasteiger partial charge on any atom is 0.258 e. The zero-order chi connectivity index (χ0) is 16.5. The molecule has 1 heterocycles. The molecular formula is C18H24N4O. The third-order valence-electron chi connectivity index (χ3n) is 3.60. The van der Waals surface area contributed by atoms with Gasteiger partial charge in [-0.1, -0.05) is 38.8 Å². The van der Waals surface area contributed by atoms with Crippen LogP contribution in [0.15, 0.2) is 36.7 Å². The molecule has 0 saturated heterocycles. The SMILES string of the molecule is CCCCCNc1ncc(C(=O)Nc2ccc(CC)cc2)cn1. The fraction of sp³-hybridized carbons (Fsp3) is 0.389. The van der Waals surface area contributed by atoms with E-state index in [2.05, 4.69) is 34.4 Å². The van der Waals surface area contributed by atoms with E-state index in [4.69, 9.17) is 0 Å². The summed E-state index contributed by atoms with van der Waals surface area (Å²) in [6.45, 7) is 5.12. The van der Waals surface area contributed by atoms with Gasteiger partial charge in [-0.15, -0.1) is 0 Å². The van der Waals surface area contributed by atoms with Crippen LogP contribution in [0.4, 0.5) is 11.6 Å². The number of amides is 1. The van der Waals surface area contributed by atoms with Crippen LogP contribution >= 0.6 is 0 Å². The minimum Gasteiger partial charge on any atom is -0.354 e.